The van der Waals surface area contributed by atoms with Crippen molar-refractivity contribution < 1.29 is 0 Å². The van der Waals surface area contributed by atoms with Gasteiger partial charge in [-0.25, -0.2) is 0 Å². The second-order valence-electron chi connectivity index (χ2n) is 6.23. The minimum atomic E-state index is 0.603. The SMILES string of the molecule is CCN(CC)CCNC(=NC)NCCCN(C(C)C)C(C)C. The van der Waals surface area contributed by atoms with E-state index in [1.54, 1.807) is 0 Å². The molecule has 0 aliphatic carbocycles. The first-order chi connectivity index (χ1) is 10.5. The summed E-state index contributed by atoms with van der Waals surface area (Å²) in [5.74, 6) is 0.910. The molecule has 0 heterocycles. The van der Waals surface area contributed by atoms with Crippen molar-refractivity contribution in [1.29, 1.82) is 0 Å². The zero-order chi connectivity index (χ0) is 17.0. The molecule has 0 bridgehead atoms. The number of nitrogens with zero attached hydrogens (tertiary/aromatic N) is 3. The molecule has 0 saturated carbocycles. The van der Waals surface area contributed by atoms with E-state index < -0.39 is 0 Å². The minimum absolute atomic E-state index is 0.603. The second kappa shape index (κ2) is 12.7. The van der Waals surface area contributed by atoms with Gasteiger partial charge in [0.05, 0.1) is 0 Å². The molecule has 0 atom stereocenters. The number of hydrogen-bond acceptors (Lipinski definition) is 3. The van der Waals surface area contributed by atoms with Gasteiger partial charge in [0.1, 0.15) is 0 Å². The van der Waals surface area contributed by atoms with E-state index in [0.29, 0.717) is 12.1 Å². The van der Waals surface area contributed by atoms with Gasteiger partial charge in [0.25, 0.3) is 0 Å². The van der Waals surface area contributed by atoms with Crippen LogP contribution in [0.15, 0.2) is 4.99 Å². The topological polar surface area (TPSA) is 42.9 Å². The van der Waals surface area contributed by atoms with Crippen molar-refractivity contribution in [3.05, 3.63) is 0 Å². The first-order valence-corrected chi connectivity index (χ1v) is 8.88. The molecule has 0 aliphatic rings. The van der Waals surface area contributed by atoms with E-state index in [4.69, 9.17) is 0 Å². The fourth-order valence-electron chi connectivity index (χ4n) is 2.67. The Labute approximate surface area is 138 Å². The Morgan fingerprint density at radius 1 is 0.909 bits per heavy atom. The number of nitrogens with one attached hydrogen (secondary N) is 2. The van der Waals surface area contributed by atoms with Crippen LogP contribution in [0.5, 0.6) is 0 Å². The zero-order valence-corrected chi connectivity index (χ0v) is 15.9. The lowest BCUT2D eigenvalue weighted by molar-refractivity contribution is 0.173. The van der Waals surface area contributed by atoms with E-state index in [1.165, 1.54) is 0 Å². The number of rotatable bonds is 11. The van der Waals surface area contributed by atoms with E-state index in [1.807, 2.05) is 7.05 Å². The molecule has 0 aromatic carbocycles. The maximum atomic E-state index is 4.29. The predicted molar refractivity (Wildman–Crippen MR) is 98.7 cm³/mol. The lowest BCUT2D eigenvalue weighted by Gasteiger charge is -2.30. The van der Waals surface area contributed by atoms with Crippen molar-refractivity contribution in [2.24, 2.45) is 4.99 Å². The molecule has 2 N–H and O–H groups in total. The summed E-state index contributed by atoms with van der Waals surface area (Å²) >= 11 is 0. The number of guanidine groups is 1. The second-order valence-corrected chi connectivity index (χ2v) is 6.23. The van der Waals surface area contributed by atoms with Crippen molar-refractivity contribution >= 4 is 5.96 Å². The summed E-state index contributed by atoms with van der Waals surface area (Å²) in [5.41, 5.74) is 0. The third kappa shape index (κ3) is 9.26. The average molecular weight is 314 g/mol. The van der Waals surface area contributed by atoms with Gasteiger partial charge >= 0.3 is 0 Å². The van der Waals surface area contributed by atoms with Crippen LogP contribution in [0.4, 0.5) is 0 Å². The molecule has 0 aromatic heterocycles. The van der Waals surface area contributed by atoms with Crippen molar-refractivity contribution in [2.75, 3.05) is 46.3 Å². The first-order valence-electron chi connectivity index (χ1n) is 8.88. The van der Waals surface area contributed by atoms with Gasteiger partial charge in [-0.1, -0.05) is 13.8 Å². The number of likely N-dealkylation sites (N-methyl/N-ethyl adjacent to an activating group) is 1. The summed E-state index contributed by atoms with van der Waals surface area (Å²) in [6.07, 6.45) is 1.13. The average Bonchev–Trinajstić information content (AvgIpc) is 2.48. The molecule has 0 spiro atoms. The molecule has 0 unspecified atom stereocenters. The molecule has 0 rings (SSSR count). The maximum absolute atomic E-state index is 4.29. The standard InChI is InChI=1S/C17H39N5/c1-8-21(9-2)14-12-20-17(18-7)19-11-10-13-22(15(3)4)16(5)6/h15-16H,8-14H2,1-7H3,(H2,18,19,20). The van der Waals surface area contributed by atoms with E-state index >= 15 is 0 Å². The van der Waals surface area contributed by atoms with Gasteiger partial charge in [0.15, 0.2) is 5.96 Å². The van der Waals surface area contributed by atoms with Crippen LogP contribution in [-0.2, 0) is 0 Å². The molecule has 5 heteroatoms. The summed E-state index contributed by atoms with van der Waals surface area (Å²) in [4.78, 5) is 9.22. The lowest BCUT2D eigenvalue weighted by Crippen LogP contribution is -2.43. The molecule has 0 radical (unpaired) electrons. The highest BCUT2D eigenvalue weighted by atomic mass is 15.2. The molecular weight excluding hydrogens is 274 g/mol. The van der Waals surface area contributed by atoms with Crippen LogP contribution in [-0.4, -0.2) is 74.2 Å². The summed E-state index contributed by atoms with van der Waals surface area (Å²) in [6.45, 7) is 19.7. The molecule has 22 heavy (non-hydrogen) atoms. The highest BCUT2D eigenvalue weighted by Gasteiger charge is 2.12. The quantitative estimate of drug-likeness (QED) is 0.348. The smallest absolute Gasteiger partial charge is 0.191 e. The molecule has 0 aliphatic heterocycles. The monoisotopic (exact) mass is 313 g/mol. The Kier molecular flexibility index (Phi) is 12.2. The Bertz CT molecular complexity index is 277. The predicted octanol–water partition coefficient (Wildman–Crippen LogP) is 2.00. The molecular formula is C17H39N5. The molecule has 0 fully saturated rings. The van der Waals surface area contributed by atoms with Gasteiger partial charge < -0.3 is 15.5 Å². The summed E-state index contributed by atoms with van der Waals surface area (Å²) in [5, 5.41) is 6.79. The Hall–Kier alpha value is -0.810. The van der Waals surface area contributed by atoms with Crippen molar-refractivity contribution in [2.45, 2.75) is 60.0 Å². The van der Waals surface area contributed by atoms with Gasteiger partial charge in [-0.2, -0.15) is 0 Å². The third-order valence-corrected chi connectivity index (χ3v) is 4.05. The summed E-state index contributed by atoms with van der Waals surface area (Å²) < 4.78 is 0. The van der Waals surface area contributed by atoms with Crippen LogP contribution < -0.4 is 10.6 Å². The van der Waals surface area contributed by atoms with E-state index in [2.05, 4.69) is 67.0 Å². The minimum Gasteiger partial charge on any atom is -0.356 e. The van der Waals surface area contributed by atoms with Gasteiger partial charge in [-0.15, -0.1) is 0 Å². The van der Waals surface area contributed by atoms with E-state index in [-0.39, 0.29) is 0 Å². The summed E-state index contributed by atoms with van der Waals surface area (Å²) in [7, 11) is 1.83. The van der Waals surface area contributed by atoms with Crippen LogP contribution in [0.3, 0.4) is 0 Å². The van der Waals surface area contributed by atoms with E-state index in [0.717, 1.165) is 51.6 Å². The van der Waals surface area contributed by atoms with Crippen LogP contribution >= 0.6 is 0 Å². The molecule has 5 nitrogen and oxygen atoms in total. The van der Waals surface area contributed by atoms with Crippen LogP contribution in [0.25, 0.3) is 0 Å². The van der Waals surface area contributed by atoms with Crippen LogP contribution in [0.2, 0.25) is 0 Å². The third-order valence-electron chi connectivity index (χ3n) is 4.05. The van der Waals surface area contributed by atoms with Crippen molar-refractivity contribution in [1.82, 2.24) is 20.4 Å². The maximum Gasteiger partial charge on any atom is 0.191 e. The Balaban J connectivity index is 3.91. The molecule has 0 amide bonds. The molecule has 0 aromatic rings. The van der Waals surface area contributed by atoms with Gasteiger partial charge in [-0.3, -0.25) is 9.89 Å². The molecule has 132 valence electrons. The Morgan fingerprint density at radius 3 is 1.91 bits per heavy atom. The van der Waals surface area contributed by atoms with Crippen molar-refractivity contribution in [3.63, 3.8) is 0 Å². The largest absolute Gasteiger partial charge is 0.356 e. The first kappa shape index (κ1) is 21.2. The Morgan fingerprint density at radius 2 is 1.45 bits per heavy atom. The zero-order valence-electron chi connectivity index (χ0n) is 15.9. The molecule has 0 saturated heterocycles. The van der Waals surface area contributed by atoms with Gasteiger partial charge in [0.2, 0.25) is 0 Å². The normalized spacial score (nSPS) is 12.8. The number of hydrogen-bond donors (Lipinski definition) is 2. The van der Waals surface area contributed by atoms with Crippen LogP contribution in [0, 0.1) is 0 Å². The fraction of sp³-hybridized carbons (Fsp3) is 0.941. The lowest BCUT2D eigenvalue weighted by atomic mass is 10.2. The van der Waals surface area contributed by atoms with Crippen LogP contribution in [0.1, 0.15) is 48.0 Å². The fourth-order valence-corrected chi connectivity index (χ4v) is 2.67. The highest BCUT2D eigenvalue weighted by molar-refractivity contribution is 5.79. The van der Waals surface area contributed by atoms with Crippen molar-refractivity contribution in [3.8, 4) is 0 Å². The summed E-state index contributed by atoms with van der Waals surface area (Å²) in [6, 6.07) is 1.21. The number of aliphatic imine (C=N–C) groups is 1. The van der Waals surface area contributed by atoms with Gasteiger partial charge in [-0.05, 0) is 47.2 Å². The highest BCUT2D eigenvalue weighted by Crippen LogP contribution is 2.05. The van der Waals surface area contributed by atoms with Gasteiger partial charge in [0, 0.05) is 45.3 Å². The van der Waals surface area contributed by atoms with E-state index in [9.17, 15) is 0 Å².